The molecule has 2 aromatic heterocycles. The average molecular weight is 376 g/mol. The van der Waals surface area contributed by atoms with Gasteiger partial charge in [-0.15, -0.1) is 0 Å². The van der Waals surface area contributed by atoms with Gasteiger partial charge in [0.1, 0.15) is 18.0 Å². The molecule has 0 atom stereocenters. The number of piperidine rings is 1. The van der Waals surface area contributed by atoms with Gasteiger partial charge in [0.2, 0.25) is 0 Å². The largest absolute Gasteiger partial charge is 0.367 e. The van der Waals surface area contributed by atoms with Crippen LogP contribution in [0.5, 0.6) is 0 Å². The summed E-state index contributed by atoms with van der Waals surface area (Å²) in [5.74, 6) is 1.78. The summed E-state index contributed by atoms with van der Waals surface area (Å²) < 4.78 is 0. The minimum Gasteiger partial charge on any atom is -0.367 e. The molecule has 1 fully saturated rings. The molecule has 144 valence electrons. The molecule has 7 heteroatoms. The fraction of sp³-hybridized carbons (Fsp3) is 0.333. The summed E-state index contributed by atoms with van der Waals surface area (Å²) in [6.07, 6.45) is 5.12. The van der Waals surface area contributed by atoms with Gasteiger partial charge in [0.25, 0.3) is 5.91 Å². The highest BCUT2D eigenvalue weighted by atomic mass is 16.2. The van der Waals surface area contributed by atoms with Crippen molar-refractivity contribution in [1.82, 2.24) is 19.9 Å². The summed E-state index contributed by atoms with van der Waals surface area (Å²) in [5, 5.41) is 4.47. The van der Waals surface area contributed by atoms with E-state index in [0.717, 1.165) is 54.0 Å². The van der Waals surface area contributed by atoms with Crippen molar-refractivity contribution in [3.63, 3.8) is 0 Å². The van der Waals surface area contributed by atoms with Gasteiger partial charge in [-0.3, -0.25) is 9.78 Å². The van der Waals surface area contributed by atoms with Crippen LogP contribution in [0, 0.1) is 0 Å². The van der Waals surface area contributed by atoms with Gasteiger partial charge in [-0.25, -0.2) is 9.97 Å². The second-order valence-electron chi connectivity index (χ2n) is 7.28. The number of carbonyl (C=O) groups excluding carboxylic acids is 1. The van der Waals surface area contributed by atoms with Gasteiger partial charge >= 0.3 is 0 Å². The van der Waals surface area contributed by atoms with Crippen LogP contribution in [0.2, 0.25) is 0 Å². The molecule has 1 saturated heterocycles. The van der Waals surface area contributed by atoms with Gasteiger partial charge < -0.3 is 15.1 Å². The Hall–Kier alpha value is -3.22. The number of aromatic nitrogens is 3. The number of rotatable bonds is 4. The second-order valence-corrected chi connectivity index (χ2v) is 7.28. The SMILES string of the molecule is CN(C)c1cc(NC2CCN(C(=O)c3ccc4ncccc4c3)CC2)ncn1. The van der Waals surface area contributed by atoms with Crippen molar-refractivity contribution >= 4 is 28.4 Å². The van der Waals surface area contributed by atoms with Crippen LogP contribution in [-0.2, 0) is 0 Å². The maximum Gasteiger partial charge on any atom is 0.253 e. The van der Waals surface area contributed by atoms with E-state index in [9.17, 15) is 4.79 Å². The number of hydrogen-bond acceptors (Lipinski definition) is 6. The molecule has 1 aliphatic heterocycles. The number of nitrogens with zero attached hydrogens (tertiary/aromatic N) is 5. The normalized spacial score (nSPS) is 14.9. The third-order valence-electron chi connectivity index (χ3n) is 5.09. The van der Waals surface area contributed by atoms with Crippen LogP contribution in [0.4, 0.5) is 11.6 Å². The Morgan fingerprint density at radius 2 is 1.93 bits per heavy atom. The number of carbonyl (C=O) groups is 1. The Balaban J connectivity index is 1.38. The smallest absolute Gasteiger partial charge is 0.253 e. The summed E-state index contributed by atoms with van der Waals surface area (Å²) in [6, 6.07) is 11.8. The van der Waals surface area contributed by atoms with Crippen molar-refractivity contribution in [2.45, 2.75) is 18.9 Å². The molecular formula is C21H24N6O. The first-order valence-electron chi connectivity index (χ1n) is 9.50. The fourth-order valence-electron chi connectivity index (χ4n) is 3.50. The maximum atomic E-state index is 12.9. The Kier molecular flexibility index (Phi) is 5.06. The van der Waals surface area contributed by atoms with Crippen molar-refractivity contribution in [3.05, 3.63) is 54.5 Å². The molecule has 4 rings (SSSR count). The van der Waals surface area contributed by atoms with Crippen molar-refractivity contribution in [2.75, 3.05) is 37.4 Å². The van der Waals surface area contributed by atoms with Gasteiger partial charge in [-0.2, -0.15) is 0 Å². The summed E-state index contributed by atoms with van der Waals surface area (Å²) in [4.78, 5) is 29.6. The highest BCUT2D eigenvalue weighted by Gasteiger charge is 2.24. The zero-order valence-corrected chi connectivity index (χ0v) is 16.2. The lowest BCUT2D eigenvalue weighted by atomic mass is 10.0. The van der Waals surface area contributed by atoms with E-state index in [1.54, 1.807) is 12.5 Å². The van der Waals surface area contributed by atoms with E-state index in [1.165, 1.54) is 0 Å². The van der Waals surface area contributed by atoms with E-state index in [-0.39, 0.29) is 5.91 Å². The fourth-order valence-corrected chi connectivity index (χ4v) is 3.50. The van der Waals surface area contributed by atoms with Crippen LogP contribution in [0.1, 0.15) is 23.2 Å². The zero-order valence-electron chi connectivity index (χ0n) is 16.2. The monoisotopic (exact) mass is 376 g/mol. The minimum atomic E-state index is 0.0844. The lowest BCUT2D eigenvalue weighted by molar-refractivity contribution is 0.0718. The molecule has 1 N–H and O–H groups in total. The number of benzene rings is 1. The number of pyridine rings is 1. The third kappa shape index (κ3) is 3.88. The molecule has 1 amide bonds. The number of fused-ring (bicyclic) bond motifs is 1. The van der Waals surface area contributed by atoms with Crippen LogP contribution < -0.4 is 10.2 Å². The predicted molar refractivity (Wildman–Crippen MR) is 111 cm³/mol. The van der Waals surface area contributed by atoms with Crippen molar-refractivity contribution in [2.24, 2.45) is 0 Å². The summed E-state index contributed by atoms with van der Waals surface area (Å²) in [7, 11) is 3.91. The van der Waals surface area contributed by atoms with Crippen molar-refractivity contribution in [3.8, 4) is 0 Å². The van der Waals surface area contributed by atoms with E-state index in [0.29, 0.717) is 6.04 Å². The van der Waals surface area contributed by atoms with E-state index in [2.05, 4.69) is 20.3 Å². The topological polar surface area (TPSA) is 74.2 Å². The number of likely N-dealkylation sites (tertiary alicyclic amines) is 1. The summed E-state index contributed by atoms with van der Waals surface area (Å²) >= 11 is 0. The molecule has 0 saturated carbocycles. The number of amides is 1. The molecule has 3 heterocycles. The van der Waals surface area contributed by atoms with Crippen LogP contribution in [-0.4, -0.2) is 59.0 Å². The molecule has 0 bridgehead atoms. The molecular weight excluding hydrogens is 352 g/mol. The average Bonchev–Trinajstić information content (AvgIpc) is 2.73. The quantitative estimate of drug-likeness (QED) is 0.755. The minimum absolute atomic E-state index is 0.0844. The van der Waals surface area contributed by atoms with Gasteiger partial charge in [-0.1, -0.05) is 6.07 Å². The molecule has 0 radical (unpaired) electrons. The molecule has 0 spiro atoms. The Labute approximate surface area is 164 Å². The van der Waals surface area contributed by atoms with Crippen LogP contribution in [0.15, 0.2) is 48.9 Å². The lowest BCUT2D eigenvalue weighted by Gasteiger charge is -2.32. The lowest BCUT2D eigenvalue weighted by Crippen LogP contribution is -2.42. The molecule has 3 aromatic rings. The predicted octanol–water partition coefficient (Wildman–Crippen LogP) is 2.81. The molecule has 1 aromatic carbocycles. The van der Waals surface area contributed by atoms with E-state index in [1.807, 2.05) is 60.3 Å². The standard InChI is InChI=1S/C21H24N6O/c1-26(2)20-13-19(23-14-24-20)25-17-7-10-27(11-8-17)21(28)16-5-6-18-15(12-16)4-3-9-22-18/h3-6,9,12-14,17H,7-8,10-11H2,1-2H3,(H,23,24,25). The van der Waals surface area contributed by atoms with E-state index in [4.69, 9.17) is 0 Å². The van der Waals surface area contributed by atoms with Crippen molar-refractivity contribution < 1.29 is 4.79 Å². The van der Waals surface area contributed by atoms with Crippen LogP contribution in [0.25, 0.3) is 10.9 Å². The Morgan fingerprint density at radius 1 is 1.11 bits per heavy atom. The van der Waals surface area contributed by atoms with E-state index < -0.39 is 0 Å². The molecule has 1 aliphatic rings. The maximum absolute atomic E-state index is 12.9. The van der Waals surface area contributed by atoms with Gasteiger partial charge in [-0.05, 0) is 37.1 Å². The molecule has 28 heavy (non-hydrogen) atoms. The first kappa shape index (κ1) is 18.2. The number of nitrogens with one attached hydrogen (secondary N) is 1. The van der Waals surface area contributed by atoms with Gasteiger partial charge in [0.15, 0.2) is 0 Å². The van der Waals surface area contributed by atoms with Gasteiger partial charge in [0.05, 0.1) is 5.52 Å². The highest BCUT2D eigenvalue weighted by molar-refractivity contribution is 5.98. The zero-order chi connectivity index (χ0) is 19.5. The Morgan fingerprint density at radius 3 is 2.71 bits per heavy atom. The van der Waals surface area contributed by atoms with E-state index >= 15 is 0 Å². The third-order valence-corrected chi connectivity index (χ3v) is 5.09. The first-order valence-corrected chi connectivity index (χ1v) is 9.50. The van der Waals surface area contributed by atoms with Gasteiger partial charge in [0, 0.05) is 56.4 Å². The summed E-state index contributed by atoms with van der Waals surface area (Å²) in [5.41, 5.74) is 1.63. The second kappa shape index (κ2) is 7.80. The first-order chi connectivity index (χ1) is 13.6. The van der Waals surface area contributed by atoms with Crippen molar-refractivity contribution in [1.29, 1.82) is 0 Å². The highest BCUT2D eigenvalue weighted by Crippen LogP contribution is 2.20. The Bertz CT molecular complexity index is 981. The van der Waals surface area contributed by atoms with Crippen LogP contribution in [0.3, 0.4) is 0 Å². The summed E-state index contributed by atoms with van der Waals surface area (Å²) in [6.45, 7) is 1.46. The number of hydrogen-bond donors (Lipinski definition) is 1. The molecule has 0 unspecified atom stereocenters. The number of anilines is 2. The molecule has 0 aliphatic carbocycles. The molecule has 7 nitrogen and oxygen atoms in total. The van der Waals surface area contributed by atoms with Crippen LogP contribution >= 0.6 is 0 Å².